The van der Waals surface area contributed by atoms with E-state index in [1.54, 1.807) is 4.90 Å². The number of nitrogens with zero attached hydrogens (tertiary/aromatic N) is 1. The van der Waals surface area contributed by atoms with Crippen LogP contribution in [0.15, 0.2) is 60.7 Å². The van der Waals surface area contributed by atoms with Gasteiger partial charge in [-0.25, -0.2) is 0 Å². The molecule has 7 heteroatoms. The minimum atomic E-state index is -2.13. The molecule has 0 bridgehead atoms. The summed E-state index contributed by atoms with van der Waals surface area (Å²) < 4.78 is 12.7. The summed E-state index contributed by atoms with van der Waals surface area (Å²) in [5, 5.41) is 21.4. The van der Waals surface area contributed by atoms with Crippen LogP contribution in [0.2, 0.25) is 18.1 Å². The fourth-order valence-electron chi connectivity index (χ4n) is 3.71. The number of hydrogen-bond donors (Lipinski definition) is 2. The first-order valence-corrected chi connectivity index (χ1v) is 14.4. The SMILES string of the molecule is CC(C)(C)[Si](C)(C)OC[C@@H]1[C@@H](OCc2ccccc2)[C@H](O)[C@H](O)C(=O)N1Cc1ccccc1. The van der Waals surface area contributed by atoms with Crippen molar-refractivity contribution in [2.75, 3.05) is 6.61 Å². The Labute approximate surface area is 198 Å². The Balaban J connectivity index is 1.89. The molecule has 2 aromatic carbocycles. The van der Waals surface area contributed by atoms with Crippen molar-refractivity contribution in [2.24, 2.45) is 0 Å². The number of carbonyl (C=O) groups is 1. The first-order chi connectivity index (χ1) is 15.5. The molecule has 0 radical (unpaired) electrons. The molecule has 33 heavy (non-hydrogen) atoms. The van der Waals surface area contributed by atoms with Gasteiger partial charge in [0.25, 0.3) is 5.91 Å². The van der Waals surface area contributed by atoms with Crippen molar-refractivity contribution >= 4 is 14.2 Å². The average Bonchev–Trinajstić information content (AvgIpc) is 2.78. The molecule has 3 rings (SSSR count). The zero-order valence-electron chi connectivity index (χ0n) is 20.3. The van der Waals surface area contributed by atoms with Crippen molar-refractivity contribution in [3.63, 3.8) is 0 Å². The van der Waals surface area contributed by atoms with Gasteiger partial charge >= 0.3 is 0 Å². The van der Waals surface area contributed by atoms with E-state index in [0.29, 0.717) is 6.54 Å². The number of ether oxygens (including phenoxy) is 1. The minimum Gasteiger partial charge on any atom is -0.415 e. The van der Waals surface area contributed by atoms with E-state index >= 15 is 0 Å². The van der Waals surface area contributed by atoms with Crippen LogP contribution in [0.4, 0.5) is 0 Å². The molecule has 2 N–H and O–H groups in total. The van der Waals surface area contributed by atoms with Crippen LogP contribution < -0.4 is 0 Å². The lowest BCUT2D eigenvalue weighted by atomic mass is 9.92. The molecule has 4 atom stereocenters. The Morgan fingerprint density at radius 3 is 2.03 bits per heavy atom. The molecule has 0 aliphatic carbocycles. The molecular weight excluding hydrogens is 434 g/mol. The van der Waals surface area contributed by atoms with Gasteiger partial charge in [0.2, 0.25) is 0 Å². The van der Waals surface area contributed by atoms with Gasteiger partial charge in [-0.05, 0) is 29.3 Å². The number of benzene rings is 2. The Bertz CT molecular complexity index is 900. The van der Waals surface area contributed by atoms with Crippen LogP contribution in [0.1, 0.15) is 31.9 Å². The molecule has 1 aliphatic heterocycles. The maximum Gasteiger partial charge on any atom is 0.254 e. The molecule has 0 spiro atoms. The van der Waals surface area contributed by atoms with Gasteiger partial charge in [-0.3, -0.25) is 4.79 Å². The molecule has 1 fully saturated rings. The number of rotatable bonds is 8. The second-order valence-electron chi connectivity index (χ2n) is 10.3. The maximum absolute atomic E-state index is 13.1. The molecule has 0 aromatic heterocycles. The second kappa shape index (κ2) is 10.5. The Hall–Kier alpha value is -2.03. The number of piperidine rings is 1. The lowest BCUT2D eigenvalue weighted by Gasteiger charge is -2.47. The van der Waals surface area contributed by atoms with Gasteiger partial charge in [0.05, 0.1) is 19.3 Å². The van der Waals surface area contributed by atoms with E-state index in [9.17, 15) is 15.0 Å². The smallest absolute Gasteiger partial charge is 0.254 e. The second-order valence-corrected chi connectivity index (χ2v) is 15.1. The highest BCUT2D eigenvalue weighted by Crippen LogP contribution is 2.37. The lowest BCUT2D eigenvalue weighted by Crippen LogP contribution is -2.66. The molecule has 6 nitrogen and oxygen atoms in total. The molecule has 0 unspecified atom stereocenters. The van der Waals surface area contributed by atoms with E-state index in [0.717, 1.165) is 11.1 Å². The van der Waals surface area contributed by atoms with Gasteiger partial charge in [0.1, 0.15) is 12.2 Å². The monoisotopic (exact) mass is 471 g/mol. The molecule has 0 saturated carbocycles. The van der Waals surface area contributed by atoms with Gasteiger partial charge in [-0.1, -0.05) is 81.4 Å². The summed E-state index contributed by atoms with van der Waals surface area (Å²) in [7, 11) is -2.13. The van der Waals surface area contributed by atoms with Crippen LogP contribution >= 0.6 is 0 Å². The number of carbonyl (C=O) groups excluding carboxylic acids is 1. The summed E-state index contributed by atoms with van der Waals surface area (Å²) in [5.74, 6) is -0.505. The topological polar surface area (TPSA) is 79.2 Å². The van der Waals surface area contributed by atoms with E-state index in [4.69, 9.17) is 9.16 Å². The van der Waals surface area contributed by atoms with Gasteiger partial charge < -0.3 is 24.3 Å². The van der Waals surface area contributed by atoms with E-state index in [1.165, 1.54) is 0 Å². The predicted molar refractivity (Wildman–Crippen MR) is 131 cm³/mol. The molecule has 1 saturated heterocycles. The Morgan fingerprint density at radius 2 is 1.48 bits per heavy atom. The van der Waals surface area contributed by atoms with Crippen LogP contribution in [0.5, 0.6) is 0 Å². The summed E-state index contributed by atoms with van der Waals surface area (Å²) in [4.78, 5) is 14.7. The van der Waals surface area contributed by atoms with Crippen LogP contribution in [0.3, 0.4) is 0 Å². The van der Waals surface area contributed by atoms with Gasteiger partial charge in [-0.15, -0.1) is 0 Å². The summed E-state index contributed by atoms with van der Waals surface area (Å²) >= 11 is 0. The maximum atomic E-state index is 13.1. The normalized spacial score (nSPS) is 24.2. The van der Waals surface area contributed by atoms with Crippen LogP contribution in [0, 0.1) is 0 Å². The highest BCUT2D eigenvalue weighted by Gasteiger charge is 2.49. The quantitative estimate of drug-likeness (QED) is 0.574. The van der Waals surface area contributed by atoms with E-state index in [1.807, 2.05) is 60.7 Å². The molecule has 2 aromatic rings. The molecular formula is C26H37NO5Si. The van der Waals surface area contributed by atoms with Gasteiger partial charge in [0, 0.05) is 6.54 Å². The lowest BCUT2D eigenvalue weighted by molar-refractivity contribution is -0.190. The van der Waals surface area contributed by atoms with Crippen LogP contribution in [0.25, 0.3) is 0 Å². The third-order valence-corrected chi connectivity index (χ3v) is 11.4. The van der Waals surface area contributed by atoms with Crippen molar-refractivity contribution in [3.8, 4) is 0 Å². The molecule has 1 amide bonds. The Kier molecular flexibility index (Phi) is 8.13. The van der Waals surface area contributed by atoms with Crippen molar-refractivity contribution < 1.29 is 24.2 Å². The number of aliphatic hydroxyl groups excluding tert-OH is 2. The number of hydrogen-bond acceptors (Lipinski definition) is 5. The van der Waals surface area contributed by atoms with E-state index in [-0.39, 0.29) is 18.3 Å². The predicted octanol–water partition coefficient (Wildman–Crippen LogP) is 3.73. The summed E-state index contributed by atoms with van der Waals surface area (Å²) in [6.07, 6.45) is -3.66. The van der Waals surface area contributed by atoms with Crippen molar-refractivity contribution in [2.45, 2.75) is 76.4 Å². The fourth-order valence-corrected chi connectivity index (χ4v) is 4.73. The number of likely N-dealkylation sites (tertiary alicyclic amines) is 1. The number of amides is 1. The Morgan fingerprint density at radius 1 is 0.939 bits per heavy atom. The van der Waals surface area contributed by atoms with Crippen molar-refractivity contribution in [3.05, 3.63) is 71.8 Å². The van der Waals surface area contributed by atoms with E-state index in [2.05, 4.69) is 33.9 Å². The zero-order chi connectivity index (χ0) is 24.2. The highest BCUT2D eigenvalue weighted by atomic mass is 28.4. The van der Waals surface area contributed by atoms with Gasteiger partial charge in [0.15, 0.2) is 14.4 Å². The highest BCUT2D eigenvalue weighted by molar-refractivity contribution is 6.74. The fraction of sp³-hybridized carbons (Fsp3) is 0.500. The van der Waals surface area contributed by atoms with E-state index < -0.39 is 38.6 Å². The third-order valence-electron chi connectivity index (χ3n) is 6.88. The average molecular weight is 472 g/mol. The van der Waals surface area contributed by atoms with Crippen molar-refractivity contribution in [1.29, 1.82) is 0 Å². The standard InChI is InChI=1S/C26H37NO5Si/c1-26(2,3)33(4,5)32-18-21-24(31-17-20-14-10-7-11-15-20)22(28)23(29)25(30)27(21)16-19-12-8-6-9-13-19/h6-15,21-24,28-29H,16-18H2,1-5H3/t21-,22-,23+,24-/m1/s1. The minimum absolute atomic E-state index is 0.00550. The first-order valence-electron chi connectivity index (χ1n) is 11.5. The molecule has 1 heterocycles. The van der Waals surface area contributed by atoms with Gasteiger partial charge in [-0.2, -0.15) is 0 Å². The third kappa shape index (κ3) is 6.10. The molecule has 180 valence electrons. The van der Waals surface area contributed by atoms with Crippen LogP contribution in [-0.2, 0) is 27.1 Å². The largest absolute Gasteiger partial charge is 0.415 e. The summed E-state index contributed by atoms with van der Waals surface area (Å²) in [5.41, 5.74) is 1.89. The number of aliphatic hydroxyl groups is 2. The summed E-state index contributed by atoms with van der Waals surface area (Å²) in [6.45, 7) is 11.6. The van der Waals surface area contributed by atoms with Crippen molar-refractivity contribution in [1.82, 2.24) is 4.90 Å². The summed E-state index contributed by atoms with van der Waals surface area (Å²) in [6, 6.07) is 18.8. The first kappa shape index (κ1) is 25.6. The van der Waals surface area contributed by atoms with Crippen LogP contribution in [-0.4, -0.2) is 60.3 Å². The molecule has 1 aliphatic rings. The zero-order valence-corrected chi connectivity index (χ0v) is 21.3.